The van der Waals surface area contributed by atoms with Crippen molar-refractivity contribution in [1.29, 1.82) is 0 Å². The summed E-state index contributed by atoms with van der Waals surface area (Å²) in [5.41, 5.74) is 6.87. The third-order valence-electron chi connectivity index (χ3n) is 3.77. The van der Waals surface area contributed by atoms with E-state index < -0.39 is 5.60 Å². The number of carbonyl (C=O) groups excluding carboxylic acids is 1. The second-order valence-corrected chi connectivity index (χ2v) is 5.67. The van der Waals surface area contributed by atoms with E-state index in [1.54, 1.807) is 6.07 Å². The number of carbonyl (C=O) groups is 1. The van der Waals surface area contributed by atoms with Crippen molar-refractivity contribution < 1.29 is 9.53 Å². The van der Waals surface area contributed by atoms with Crippen LogP contribution in [0.3, 0.4) is 0 Å². The van der Waals surface area contributed by atoms with Crippen molar-refractivity contribution in [2.45, 2.75) is 45.1 Å². The number of nitrogens with two attached hydrogens (primary N) is 1. The normalized spacial score (nSPS) is 25.1. The largest absolute Gasteiger partial charge is 0.454 e. The maximum atomic E-state index is 11.4. The number of hydrogen-bond donors (Lipinski definition) is 1. The highest BCUT2D eigenvalue weighted by atomic mass is 35.5. The molecule has 1 aliphatic carbocycles. The van der Waals surface area contributed by atoms with E-state index in [1.165, 1.54) is 6.92 Å². The molecule has 0 heterocycles. The lowest BCUT2D eigenvalue weighted by atomic mass is 10.0. The van der Waals surface area contributed by atoms with Gasteiger partial charge in [0.1, 0.15) is 5.60 Å². The molecule has 1 saturated carbocycles. The Kier molecular flexibility index (Phi) is 4.04. The van der Waals surface area contributed by atoms with E-state index in [4.69, 9.17) is 22.1 Å². The van der Waals surface area contributed by atoms with Crippen LogP contribution in [-0.4, -0.2) is 5.97 Å². The Labute approximate surface area is 119 Å². The zero-order valence-corrected chi connectivity index (χ0v) is 12.2. The van der Waals surface area contributed by atoms with Gasteiger partial charge in [-0.2, -0.15) is 0 Å². The molecule has 0 aliphatic heterocycles. The summed E-state index contributed by atoms with van der Waals surface area (Å²) in [6.07, 6.45) is 4.26. The molecule has 0 amide bonds. The molecule has 19 heavy (non-hydrogen) atoms. The molecule has 1 aromatic carbocycles. The van der Waals surface area contributed by atoms with Crippen LogP contribution >= 0.6 is 11.6 Å². The molecule has 2 atom stereocenters. The lowest BCUT2D eigenvalue weighted by molar-refractivity contribution is -0.150. The number of ether oxygens (including phenoxy) is 1. The van der Waals surface area contributed by atoms with Gasteiger partial charge in [0.15, 0.2) is 0 Å². The number of esters is 1. The van der Waals surface area contributed by atoms with Crippen LogP contribution in [0.4, 0.5) is 5.69 Å². The number of hydrogen-bond acceptors (Lipinski definition) is 3. The van der Waals surface area contributed by atoms with E-state index in [1.807, 2.05) is 12.1 Å². The van der Waals surface area contributed by atoms with E-state index in [0.29, 0.717) is 16.6 Å². The second kappa shape index (κ2) is 5.41. The van der Waals surface area contributed by atoms with Gasteiger partial charge >= 0.3 is 5.97 Å². The Morgan fingerprint density at radius 1 is 1.58 bits per heavy atom. The van der Waals surface area contributed by atoms with Crippen molar-refractivity contribution in [1.82, 2.24) is 0 Å². The van der Waals surface area contributed by atoms with Gasteiger partial charge in [-0.05, 0) is 30.5 Å². The van der Waals surface area contributed by atoms with Crippen LogP contribution in [-0.2, 0) is 15.1 Å². The van der Waals surface area contributed by atoms with Crippen LogP contribution < -0.4 is 5.73 Å². The minimum atomic E-state index is -0.473. The molecule has 0 bridgehead atoms. The van der Waals surface area contributed by atoms with Crippen molar-refractivity contribution in [3.63, 3.8) is 0 Å². The standard InChI is InChI=1S/C15H20ClNO2/c1-3-4-5-12-9-15(12,19-10(2)18)11-6-7-13(16)14(17)8-11/h6-8,12H,3-5,9,17H2,1-2H3. The maximum absolute atomic E-state index is 11.4. The number of rotatable bonds is 5. The minimum absolute atomic E-state index is 0.243. The monoisotopic (exact) mass is 281 g/mol. The maximum Gasteiger partial charge on any atom is 0.303 e. The Hall–Kier alpha value is -1.22. The third kappa shape index (κ3) is 2.86. The minimum Gasteiger partial charge on any atom is -0.454 e. The first-order chi connectivity index (χ1) is 8.99. The van der Waals surface area contributed by atoms with Crippen LogP contribution in [0.25, 0.3) is 0 Å². The fourth-order valence-electron chi connectivity index (χ4n) is 2.69. The van der Waals surface area contributed by atoms with Crippen LogP contribution in [0, 0.1) is 5.92 Å². The zero-order valence-electron chi connectivity index (χ0n) is 11.4. The van der Waals surface area contributed by atoms with Crippen LogP contribution in [0.15, 0.2) is 18.2 Å². The highest BCUT2D eigenvalue weighted by Gasteiger charge is 2.58. The van der Waals surface area contributed by atoms with Crippen LogP contribution in [0.1, 0.15) is 45.1 Å². The lowest BCUT2D eigenvalue weighted by Gasteiger charge is -2.19. The second-order valence-electron chi connectivity index (χ2n) is 5.26. The molecule has 1 aromatic rings. The molecule has 0 aromatic heterocycles. The summed E-state index contributed by atoms with van der Waals surface area (Å²) in [5.74, 6) is 0.157. The van der Waals surface area contributed by atoms with Gasteiger partial charge in [-0.1, -0.05) is 37.4 Å². The zero-order chi connectivity index (χ0) is 14.0. The van der Waals surface area contributed by atoms with Crippen LogP contribution in [0.5, 0.6) is 0 Å². The topological polar surface area (TPSA) is 52.3 Å². The van der Waals surface area contributed by atoms with Gasteiger partial charge in [-0.3, -0.25) is 4.79 Å². The van der Waals surface area contributed by atoms with Crippen LogP contribution in [0.2, 0.25) is 5.02 Å². The summed E-state index contributed by atoms with van der Waals surface area (Å²) < 4.78 is 5.60. The number of anilines is 1. The molecule has 0 spiro atoms. The van der Waals surface area contributed by atoms with Gasteiger partial charge in [-0.15, -0.1) is 0 Å². The number of benzene rings is 1. The highest BCUT2D eigenvalue weighted by molar-refractivity contribution is 6.33. The van der Waals surface area contributed by atoms with Crippen molar-refractivity contribution in [3.05, 3.63) is 28.8 Å². The molecule has 2 unspecified atom stereocenters. The molecule has 2 N–H and O–H groups in total. The van der Waals surface area contributed by atoms with E-state index in [2.05, 4.69) is 6.92 Å². The molecule has 3 nitrogen and oxygen atoms in total. The van der Waals surface area contributed by atoms with Gasteiger partial charge in [0.05, 0.1) is 10.7 Å². The summed E-state index contributed by atoms with van der Waals surface area (Å²) in [7, 11) is 0. The first kappa shape index (κ1) is 14.2. The van der Waals surface area contributed by atoms with Crippen molar-refractivity contribution >= 4 is 23.3 Å². The molecule has 1 aliphatic rings. The predicted octanol–water partition coefficient (Wildman–Crippen LogP) is 3.89. The smallest absolute Gasteiger partial charge is 0.303 e. The summed E-state index contributed by atoms with van der Waals surface area (Å²) in [6, 6.07) is 5.51. The molecule has 104 valence electrons. The number of halogens is 1. The fourth-order valence-corrected chi connectivity index (χ4v) is 2.81. The Morgan fingerprint density at radius 3 is 2.89 bits per heavy atom. The highest BCUT2D eigenvalue weighted by Crippen LogP contribution is 2.58. The SMILES string of the molecule is CCCCC1CC1(OC(C)=O)c1ccc(Cl)c(N)c1. The molecular weight excluding hydrogens is 262 g/mol. The summed E-state index contributed by atoms with van der Waals surface area (Å²) >= 11 is 5.94. The van der Waals surface area contributed by atoms with E-state index in [-0.39, 0.29) is 5.97 Å². The Morgan fingerprint density at radius 2 is 2.32 bits per heavy atom. The predicted molar refractivity (Wildman–Crippen MR) is 76.9 cm³/mol. The summed E-state index contributed by atoms with van der Waals surface area (Å²) in [6.45, 7) is 3.62. The summed E-state index contributed by atoms with van der Waals surface area (Å²) in [4.78, 5) is 11.4. The molecule has 2 rings (SSSR count). The first-order valence-corrected chi connectivity index (χ1v) is 7.12. The first-order valence-electron chi connectivity index (χ1n) is 6.74. The molecule has 1 fully saturated rings. The average Bonchev–Trinajstić information content (AvgIpc) is 3.03. The molecule has 0 radical (unpaired) electrons. The van der Waals surface area contributed by atoms with Crippen molar-refractivity contribution in [2.75, 3.05) is 5.73 Å². The summed E-state index contributed by atoms with van der Waals surface area (Å²) in [5, 5.41) is 0.535. The van der Waals surface area contributed by atoms with E-state index in [9.17, 15) is 4.79 Å². The molecule has 0 saturated heterocycles. The van der Waals surface area contributed by atoms with Gasteiger partial charge < -0.3 is 10.5 Å². The molecular formula is C15H20ClNO2. The van der Waals surface area contributed by atoms with Gasteiger partial charge in [-0.25, -0.2) is 0 Å². The Balaban J connectivity index is 2.24. The van der Waals surface area contributed by atoms with Gasteiger partial charge in [0.2, 0.25) is 0 Å². The van der Waals surface area contributed by atoms with E-state index >= 15 is 0 Å². The van der Waals surface area contributed by atoms with E-state index in [0.717, 1.165) is 31.2 Å². The quantitative estimate of drug-likeness (QED) is 0.658. The lowest BCUT2D eigenvalue weighted by Crippen LogP contribution is -2.19. The third-order valence-corrected chi connectivity index (χ3v) is 4.11. The number of unbranched alkanes of at least 4 members (excludes halogenated alkanes) is 1. The Bertz CT molecular complexity index is 489. The van der Waals surface area contributed by atoms with Crippen molar-refractivity contribution in [2.24, 2.45) is 5.92 Å². The van der Waals surface area contributed by atoms with Crippen molar-refractivity contribution in [3.8, 4) is 0 Å². The van der Waals surface area contributed by atoms with Gasteiger partial charge in [0.25, 0.3) is 0 Å². The van der Waals surface area contributed by atoms with Gasteiger partial charge in [0, 0.05) is 12.8 Å². The molecule has 4 heteroatoms. The average molecular weight is 282 g/mol. The fraction of sp³-hybridized carbons (Fsp3) is 0.533. The number of nitrogen functional groups attached to an aromatic ring is 1.